The fraction of sp³-hybridized carbons (Fsp3) is 0.310. The van der Waals surface area contributed by atoms with Gasteiger partial charge in [0.15, 0.2) is 0 Å². The number of carbonyl (C=O) groups is 2. The van der Waals surface area contributed by atoms with E-state index in [9.17, 15) is 18.0 Å². The fourth-order valence-electron chi connectivity index (χ4n) is 4.15. The van der Waals surface area contributed by atoms with Crippen molar-refractivity contribution in [2.24, 2.45) is 0 Å². The van der Waals surface area contributed by atoms with E-state index >= 15 is 0 Å². The van der Waals surface area contributed by atoms with Crippen molar-refractivity contribution in [3.05, 3.63) is 95.0 Å². The summed E-state index contributed by atoms with van der Waals surface area (Å²) >= 11 is 5.98. The van der Waals surface area contributed by atoms with Gasteiger partial charge in [-0.15, -0.1) is 0 Å². The van der Waals surface area contributed by atoms with E-state index in [0.717, 1.165) is 21.9 Å². The van der Waals surface area contributed by atoms with Crippen molar-refractivity contribution in [3.63, 3.8) is 0 Å². The van der Waals surface area contributed by atoms with Crippen molar-refractivity contribution in [1.29, 1.82) is 0 Å². The first kappa shape index (κ1) is 29.2. The summed E-state index contributed by atoms with van der Waals surface area (Å²) < 4.78 is 28.6. The van der Waals surface area contributed by atoms with E-state index in [1.165, 1.54) is 29.2 Å². The molecule has 0 radical (unpaired) electrons. The molecule has 0 heterocycles. The molecule has 7 nitrogen and oxygen atoms in total. The topological polar surface area (TPSA) is 86.8 Å². The average Bonchev–Trinajstić information content (AvgIpc) is 2.91. The molecular weight excluding hydrogens is 522 g/mol. The molecule has 9 heteroatoms. The van der Waals surface area contributed by atoms with Crippen LogP contribution in [0.1, 0.15) is 37.8 Å². The van der Waals surface area contributed by atoms with Crippen LogP contribution in [0.5, 0.6) is 0 Å². The molecule has 3 aromatic carbocycles. The Morgan fingerprint density at radius 3 is 2.24 bits per heavy atom. The predicted molar refractivity (Wildman–Crippen MR) is 152 cm³/mol. The van der Waals surface area contributed by atoms with Crippen molar-refractivity contribution in [2.75, 3.05) is 17.4 Å². The minimum absolute atomic E-state index is 0.0107. The molecule has 0 saturated carbocycles. The average molecular weight is 556 g/mol. The highest BCUT2D eigenvalue weighted by Gasteiger charge is 2.33. The summed E-state index contributed by atoms with van der Waals surface area (Å²) in [4.78, 5) is 28.5. The summed E-state index contributed by atoms with van der Waals surface area (Å²) in [7, 11) is -4.12. The molecule has 0 unspecified atom stereocenters. The lowest BCUT2D eigenvalue weighted by Crippen LogP contribution is -2.52. The lowest BCUT2D eigenvalue weighted by molar-refractivity contribution is -0.140. The molecule has 0 aliphatic carbocycles. The molecule has 3 rings (SSSR count). The SMILES string of the molecule is CCCNC(=O)[C@@H](CC)N(Cc1cccc(C)c1)C(=O)CN(c1ccccc1)S(=O)(=O)c1ccc(Cl)cc1. The summed E-state index contributed by atoms with van der Waals surface area (Å²) in [5, 5.41) is 3.29. The molecule has 0 aromatic heterocycles. The number of carbonyl (C=O) groups excluding carboxylic acids is 2. The molecule has 3 aromatic rings. The van der Waals surface area contributed by atoms with E-state index in [1.807, 2.05) is 45.0 Å². The Balaban J connectivity index is 2.02. The minimum Gasteiger partial charge on any atom is -0.354 e. The van der Waals surface area contributed by atoms with Gasteiger partial charge in [0.1, 0.15) is 12.6 Å². The maximum Gasteiger partial charge on any atom is 0.264 e. The molecule has 38 heavy (non-hydrogen) atoms. The van der Waals surface area contributed by atoms with E-state index in [-0.39, 0.29) is 17.3 Å². The summed E-state index contributed by atoms with van der Waals surface area (Å²) in [5.41, 5.74) is 2.22. The van der Waals surface area contributed by atoms with Gasteiger partial charge in [-0.1, -0.05) is 73.5 Å². The van der Waals surface area contributed by atoms with Crippen molar-refractivity contribution in [3.8, 4) is 0 Å². The first-order chi connectivity index (χ1) is 18.2. The Morgan fingerprint density at radius 1 is 0.947 bits per heavy atom. The monoisotopic (exact) mass is 555 g/mol. The number of nitrogens with one attached hydrogen (secondary N) is 1. The summed E-state index contributed by atoms with van der Waals surface area (Å²) in [6.07, 6.45) is 1.14. The van der Waals surface area contributed by atoms with Gasteiger partial charge in [0.2, 0.25) is 11.8 Å². The molecule has 2 amide bonds. The Bertz CT molecular complexity index is 1330. The lowest BCUT2D eigenvalue weighted by atomic mass is 10.1. The number of amides is 2. The first-order valence-corrected chi connectivity index (χ1v) is 14.4. The van der Waals surface area contributed by atoms with Gasteiger partial charge >= 0.3 is 0 Å². The van der Waals surface area contributed by atoms with Gasteiger partial charge < -0.3 is 10.2 Å². The summed E-state index contributed by atoms with van der Waals surface area (Å²) in [6, 6.07) is 21.2. The Labute approximate surface area is 230 Å². The molecule has 0 bridgehead atoms. The van der Waals surface area contributed by atoms with E-state index in [4.69, 9.17) is 11.6 Å². The summed E-state index contributed by atoms with van der Waals surface area (Å²) in [6.45, 7) is 5.93. The maximum atomic E-state index is 13.9. The van der Waals surface area contributed by atoms with E-state index < -0.39 is 28.5 Å². The summed E-state index contributed by atoms with van der Waals surface area (Å²) in [5.74, 6) is -0.742. The molecule has 0 spiro atoms. The number of anilines is 1. The highest BCUT2D eigenvalue weighted by molar-refractivity contribution is 7.92. The van der Waals surface area contributed by atoms with Gasteiger partial charge in [0.25, 0.3) is 10.0 Å². The standard InChI is InChI=1S/C29H34ClN3O4S/c1-4-18-31-29(35)27(5-2)32(20-23-11-9-10-22(3)19-23)28(34)21-33(25-12-7-6-8-13-25)38(36,37)26-16-14-24(30)15-17-26/h6-17,19,27H,4-5,18,20-21H2,1-3H3,(H,31,35)/t27-/m1/s1. The van der Waals surface area contributed by atoms with Crippen LogP contribution in [-0.4, -0.2) is 44.3 Å². The maximum absolute atomic E-state index is 13.9. The number of aryl methyl sites for hydroxylation is 1. The minimum atomic E-state index is -4.12. The van der Waals surface area contributed by atoms with Crippen LogP contribution in [0.2, 0.25) is 5.02 Å². The third kappa shape index (κ3) is 7.36. The van der Waals surface area contributed by atoms with Crippen LogP contribution < -0.4 is 9.62 Å². The predicted octanol–water partition coefficient (Wildman–Crippen LogP) is 5.18. The lowest BCUT2D eigenvalue weighted by Gasteiger charge is -2.33. The van der Waals surface area contributed by atoms with Crippen LogP contribution in [-0.2, 0) is 26.2 Å². The zero-order chi connectivity index (χ0) is 27.7. The van der Waals surface area contributed by atoms with Crippen molar-refractivity contribution >= 4 is 39.1 Å². The Kier molecular flexibility index (Phi) is 10.3. The quantitative estimate of drug-likeness (QED) is 0.334. The van der Waals surface area contributed by atoms with Gasteiger partial charge in [0, 0.05) is 18.1 Å². The van der Waals surface area contributed by atoms with Crippen molar-refractivity contribution in [1.82, 2.24) is 10.2 Å². The third-order valence-corrected chi connectivity index (χ3v) is 8.14. The van der Waals surface area contributed by atoms with Crippen molar-refractivity contribution < 1.29 is 18.0 Å². The Hall–Kier alpha value is -3.36. The molecule has 0 saturated heterocycles. The number of halogens is 1. The largest absolute Gasteiger partial charge is 0.354 e. The highest BCUT2D eigenvalue weighted by Crippen LogP contribution is 2.25. The van der Waals surface area contributed by atoms with E-state index in [0.29, 0.717) is 23.7 Å². The number of rotatable bonds is 12. The third-order valence-electron chi connectivity index (χ3n) is 6.10. The zero-order valence-corrected chi connectivity index (χ0v) is 23.5. The second kappa shape index (κ2) is 13.4. The normalized spacial score (nSPS) is 12.0. The van der Waals surface area contributed by atoms with Crippen LogP contribution >= 0.6 is 11.6 Å². The zero-order valence-electron chi connectivity index (χ0n) is 21.9. The van der Waals surface area contributed by atoms with Gasteiger partial charge in [-0.2, -0.15) is 0 Å². The molecule has 1 atom stereocenters. The van der Waals surface area contributed by atoms with Gasteiger partial charge in [0.05, 0.1) is 10.6 Å². The van der Waals surface area contributed by atoms with Crippen molar-refractivity contribution in [2.45, 2.75) is 51.1 Å². The number of benzene rings is 3. The van der Waals surface area contributed by atoms with E-state index in [2.05, 4.69) is 5.32 Å². The van der Waals surface area contributed by atoms with E-state index in [1.54, 1.807) is 30.3 Å². The van der Waals surface area contributed by atoms with Crippen LogP contribution in [0.15, 0.2) is 83.8 Å². The van der Waals surface area contributed by atoms with Gasteiger partial charge in [-0.25, -0.2) is 8.42 Å². The van der Waals surface area contributed by atoms with Crippen LogP contribution in [0.4, 0.5) is 5.69 Å². The fourth-order valence-corrected chi connectivity index (χ4v) is 5.69. The number of nitrogens with zero attached hydrogens (tertiary/aromatic N) is 2. The smallest absolute Gasteiger partial charge is 0.264 e. The Morgan fingerprint density at radius 2 is 1.63 bits per heavy atom. The molecule has 1 N–H and O–H groups in total. The van der Waals surface area contributed by atoms with Crippen LogP contribution in [0.25, 0.3) is 0 Å². The number of hydrogen-bond acceptors (Lipinski definition) is 4. The molecule has 202 valence electrons. The number of hydrogen-bond donors (Lipinski definition) is 1. The second-order valence-corrected chi connectivity index (χ2v) is 11.3. The van der Waals surface area contributed by atoms with Crippen LogP contribution in [0, 0.1) is 6.92 Å². The first-order valence-electron chi connectivity index (χ1n) is 12.6. The van der Waals surface area contributed by atoms with Gasteiger partial charge in [-0.05, 0) is 61.7 Å². The molecule has 0 aliphatic rings. The molecule has 0 aliphatic heterocycles. The number of para-hydroxylation sites is 1. The van der Waals surface area contributed by atoms with Crippen LogP contribution in [0.3, 0.4) is 0 Å². The molecular formula is C29H34ClN3O4S. The number of sulfonamides is 1. The van der Waals surface area contributed by atoms with Gasteiger partial charge in [-0.3, -0.25) is 13.9 Å². The second-order valence-electron chi connectivity index (χ2n) is 9.03. The molecule has 0 fully saturated rings. The highest BCUT2D eigenvalue weighted by atomic mass is 35.5.